The lowest BCUT2D eigenvalue weighted by Gasteiger charge is -2.32. The first-order chi connectivity index (χ1) is 12.1. The number of nitrogens with zero attached hydrogens (tertiary/aromatic N) is 6. The zero-order chi connectivity index (χ0) is 17.8. The van der Waals surface area contributed by atoms with Crippen LogP contribution in [-0.2, 0) is 13.6 Å². The second-order valence-corrected chi connectivity index (χ2v) is 6.62. The van der Waals surface area contributed by atoms with Crippen molar-refractivity contribution in [2.45, 2.75) is 25.3 Å². The third-order valence-corrected chi connectivity index (χ3v) is 4.54. The van der Waals surface area contributed by atoms with E-state index >= 15 is 0 Å². The first kappa shape index (κ1) is 17.2. The smallest absolute Gasteiger partial charge is 0.317 e. The molecule has 8 heteroatoms. The first-order valence-corrected chi connectivity index (χ1v) is 8.54. The summed E-state index contributed by atoms with van der Waals surface area (Å²) in [6.45, 7) is 1.91. The molecular weight excluding hydrogens is 318 g/mol. The molecule has 134 valence electrons. The average molecular weight is 343 g/mol. The van der Waals surface area contributed by atoms with Crippen LogP contribution in [0.15, 0.2) is 24.7 Å². The highest BCUT2D eigenvalue weighted by Crippen LogP contribution is 2.25. The lowest BCUT2D eigenvalue weighted by atomic mass is 9.97. The third kappa shape index (κ3) is 3.89. The Bertz CT molecular complexity index is 727. The highest BCUT2D eigenvalue weighted by atomic mass is 16.2. The van der Waals surface area contributed by atoms with Crippen molar-refractivity contribution in [3.05, 3.63) is 36.0 Å². The summed E-state index contributed by atoms with van der Waals surface area (Å²) in [5.41, 5.74) is 1.00. The Hall–Kier alpha value is -2.64. The van der Waals surface area contributed by atoms with Gasteiger partial charge >= 0.3 is 6.03 Å². The summed E-state index contributed by atoms with van der Waals surface area (Å²) in [7, 11) is 5.84. The van der Waals surface area contributed by atoms with Crippen LogP contribution in [0.1, 0.15) is 30.1 Å². The maximum Gasteiger partial charge on any atom is 0.317 e. The topological polar surface area (TPSA) is 79.2 Å². The molecule has 3 rings (SSSR count). The molecular formula is C17H25N7O. The van der Waals surface area contributed by atoms with Gasteiger partial charge in [0.1, 0.15) is 18.0 Å². The van der Waals surface area contributed by atoms with Crippen molar-refractivity contribution in [1.82, 2.24) is 30.0 Å². The van der Waals surface area contributed by atoms with Gasteiger partial charge in [-0.1, -0.05) is 6.07 Å². The van der Waals surface area contributed by atoms with Crippen molar-refractivity contribution < 1.29 is 4.79 Å². The summed E-state index contributed by atoms with van der Waals surface area (Å²) < 4.78 is 1.94. The Morgan fingerprint density at radius 3 is 3.00 bits per heavy atom. The molecule has 2 aromatic heterocycles. The molecule has 0 aromatic carbocycles. The number of rotatable bonds is 4. The molecule has 1 N–H and O–H groups in total. The van der Waals surface area contributed by atoms with Gasteiger partial charge in [0, 0.05) is 58.5 Å². The number of aromatic nitrogens is 4. The van der Waals surface area contributed by atoms with Gasteiger partial charge in [0.2, 0.25) is 0 Å². The van der Waals surface area contributed by atoms with Crippen LogP contribution in [0.25, 0.3) is 0 Å². The van der Waals surface area contributed by atoms with E-state index in [1.165, 1.54) is 0 Å². The van der Waals surface area contributed by atoms with E-state index in [0.29, 0.717) is 13.1 Å². The maximum absolute atomic E-state index is 12.6. The summed E-state index contributed by atoms with van der Waals surface area (Å²) in [4.78, 5) is 20.8. The van der Waals surface area contributed by atoms with Crippen molar-refractivity contribution >= 4 is 11.8 Å². The zero-order valence-electron chi connectivity index (χ0n) is 15.0. The fourth-order valence-corrected chi connectivity index (χ4v) is 3.29. The molecule has 0 aliphatic carbocycles. The molecule has 0 saturated carbocycles. The summed E-state index contributed by atoms with van der Waals surface area (Å²) in [6.07, 6.45) is 5.47. The third-order valence-electron chi connectivity index (χ3n) is 4.54. The van der Waals surface area contributed by atoms with Gasteiger partial charge in [0.05, 0.1) is 0 Å². The Kier molecular flexibility index (Phi) is 5.16. The Balaban J connectivity index is 1.61. The van der Waals surface area contributed by atoms with Gasteiger partial charge in [-0.25, -0.2) is 9.78 Å². The normalized spacial score (nSPS) is 17.4. The van der Waals surface area contributed by atoms with Crippen molar-refractivity contribution in [1.29, 1.82) is 0 Å². The van der Waals surface area contributed by atoms with E-state index in [-0.39, 0.29) is 11.9 Å². The van der Waals surface area contributed by atoms with Crippen LogP contribution in [0.3, 0.4) is 0 Å². The number of amides is 2. The van der Waals surface area contributed by atoms with Crippen LogP contribution in [-0.4, -0.2) is 57.9 Å². The van der Waals surface area contributed by atoms with E-state index < -0.39 is 0 Å². The Morgan fingerprint density at radius 1 is 1.44 bits per heavy atom. The van der Waals surface area contributed by atoms with Crippen LogP contribution in [0.2, 0.25) is 0 Å². The van der Waals surface area contributed by atoms with Crippen molar-refractivity contribution in [3.63, 3.8) is 0 Å². The number of piperidine rings is 1. The molecule has 8 nitrogen and oxygen atoms in total. The molecule has 1 aliphatic heterocycles. The van der Waals surface area contributed by atoms with Crippen molar-refractivity contribution in [2.75, 3.05) is 32.1 Å². The predicted octanol–water partition coefficient (Wildman–Crippen LogP) is 1.37. The molecule has 1 atom stereocenters. The number of likely N-dealkylation sites (tertiary alicyclic amines) is 1. The lowest BCUT2D eigenvalue weighted by Crippen LogP contribution is -2.45. The van der Waals surface area contributed by atoms with Crippen LogP contribution in [0.4, 0.5) is 10.6 Å². The fourth-order valence-electron chi connectivity index (χ4n) is 3.29. The summed E-state index contributed by atoms with van der Waals surface area (Å²) >= 11 is 0. The molecule has 1 fully saturated rings. The van der Waals surface area contributed by atoms with Gasteiger partial charge in [-0.2, -0.15) is 0 Å². The highest BCUT2D eigenvalue weighted by Gasteiger charge is 2.27. The van der Waals surface area contributed by atoms with Gasteiger partial charge in [-0.05, 0) is 18.9 Å². The zero-order valence-corrected chi connectivity index (χ0v) is 15.0. The minimum atomic E-state index is -0.0413. The van der Waals surface area contributed by atoms with E-state index in [1.807, 2.05) is 47.6 Å². The van der Waals surface area contributed by atoms with Crippen molar-refractivity contribution in [2.24, 2.45) is 7.05 Å². The standard InChI is InChI=1S/C17H25N7O/c1-22(2)15-13(6-4-8-18-15)10-19-17(25)24-9-5-7-14(11-24)16-21-20-12-23(16)3/h4,6,8,12,14H,5,7,9-11H2,1-3H3,(H,19,25)/t14-/m0/s1. The van der Waals surface area contributed by atoms with Gasteiger partial charge in [-0.3, -0.25) is 0 Å². The predicted molar refractivity (Wildman–Crippen MR) is 95.4 cm³/mol. The number of hydrogen-bond acceptors (Lipinski definition) is 5. The molecule has 0 bridgehead atoms. The van der Waals surface area contributed by atoms with Crippen LogP contribution >= 0.6 is 0 Å². The Morgan fingerprint density at radius 2 is 2.28 bits per heavy atom. The fraction of sp³-hybridized carbons (Fsp3) is 0.529. The first-order valence-electron chi connectivity index (χ1n) is 8.54. The molecule has 0 spiro atoms. The minimum Gasteiger partial charge on any atom is -0.362 e. The lowest BCUT2D eigenvalue weighted by molar-refractivity contribution is 0.177. The van der Waals surface area contributed by atoms with Gasteiger partial charge < -0.3 is 19.7 Å². The number of hydrogen-bond donors (Lipinski definition) is 1. The molecule has 2 amide bonds. The number of carbonyl (C=O) groups excluding carboxylic acids is 1. The van der Waals surface area contributed by atoms with E-state index in [0.717, 1.165) is 36.6 Å². The average Bonchev–Trinajstić information content (AvgIpc) is 3.06. The molecule has 3 heterocycles. The van der Waals surface area contributed by atoms with E-state index in [2.05, 4.69) is 20.5 Å². The monoisotopic (exact) mass is 343 g/mol. The van der Waals surface area contributed by atoms with E-state index in [9.17, 15) is 4.79 Å². The molecule has 25 heavy (non-hydrogen) atoms. The minimum absolute atomic E-state index is 0.0413. The Labute approximate surface area is 147 Å². The number of anilines is 1. The number of aryl methyl sites for hydroxylation is 1. The van der Waals surface area contributed by atoms with Crippen LogP contribution in [0, 0.1) is 0 Å². The van der Waals surface area contributed by atoms with Crippen molar-refractivity contribution in [3.8, 4) is 0 Å². The van der Waals surface area contributed by atoms with Gasteiger partial charge in [0.15, 0.2) is 0 Å². The van der Waals surface area contributed by atoms with Gasteiger partial charge in [-0.15, -0.1) is 10.2 Å². The molecule has 1 saturated heterocycles. The summed E-state index contributed by atoms with van der Waals surface area (Å²) in [5, 5.41) is 11.2. The number of carbonyl (C=O) groups is 1. The SMILES string of the molecule is CN(C)c1ncccc1CNC(=O)N1CCC[C@H](c2nncn2C)C1. The van der Waals surface area contributed by atoms with E-state index in [4.69, 9.17) is 0 Å². The number of pyridine rings is 1. The summed E-state index contributed by atoms with van der Waals surface area (Å²) in [5.74, 6) is 2.06. The highest BCUT2D eigenvalue weighted by molar-refractivity contribution is 5.74. The molecule has 0 unspecified atom stereocenters. The van der Waals surface area contributed by atoms with Gasteiger partial charge in [0.25, 0.3) is 0 Å². The second-order valence-electron chi connectivity index (χ2n) is 6.62. The second kappa shape index (κ2) is 7.50. The quantitative estimate of drug-likeness (QED) is 0.907. The maximum atomic E-state index is 12.6. The molecule has 1 aliphatic rings. The number of nitrogens with one attached hydrogen (secondary N) is 1. The molecule has 2 aromatic rings. The summed E-state index contributed by atoms with van der Waals surface area (Å²) in [6, 6.07) is 3.83. The number of urea groups is 1. The van der Waals surface area contributed by atoms with Crippen LogP contribution < -0.4 is 10.2 Å². The largest absolute Gasteiger partial charge is 0.362 e. The van der Waals surface area contributed by atoms with Crippen LogP contribution in [0.5, 0.6) is 0 Å². The van der Waals surface area contributed by atoms with E-state index in [1.54, 1.807) is 12.5 Å². The molecule has 0 radical (unpaired) electrons.